The molecule has 7 heteroatoms. The van der Waals surface area contributed by atoms with Crippen LogP contribution in [0.5, 0.6) is 0 Å². The molecule has 4 rings (SSSR count). The lowest BCUT2D eigenvalue weighted by molar-refractivity contribution is 0.0995. The summed E-state index contributed by atoms with van der Waals surface area (Å²) in [5.41, 5.74) is 3.16. The third-order valence-corrected chi connectivity index (χ3v) is 6.03. The number of amides is 1. The van der Waals surface area contributed by atoms with Crippen molar-refractivity contribution in [2.75, 3.05) is 4.90 Å². The molecule has 0 aliphatic heterocycles. The number of para-hydroxylation sites is 1. The van der Waals surface area contributed by atoms with Crippen molar-refractivity contribution in [3.05, 3.63) is 69.3 Å². The predicted octanol–water partition coefficient (Wildman–Crippen LogP) is 5.62. The minimum Gasteiger partial charge on any atom is -0.266 e. The van der Waals surface area contributed by atoms with E-state index in [0.29, 0.717) is 10.8 Å². The molecular formula is C18H13N3OS3. The minimum atomic E-state index is -0.168. The van der Waals surface area contributed by atoms with Crippen molar-refractivity contribution in [2.45, 2.75) is 6.92 Å². The molecule has 124 valence electrons. The van der Waals surface area contributed by atoms with E-state index in [4.69, 9.17) is 0 Å². The van der Waals surface area contributed by atoms with E-state index in [2.05, 4.69) is 9.97 Å². The van der Waals surface area contributed by atoms with Crippen LogP contribution in [0.2, 0.25) is 0 Å². The fraction of sp³-hybridized carbons (Fsp3) is 0.0556. The number of aromatic nitrogens is 2. The molecule has 4 aromatic rings. The number of hydrogen-bond acceptors (Lipinski definition) is 6. The zero-order chi connectivity index (χ0) is 17.2. The van der Waals surface area contributed by atoms with E-state index >= 15 is 0 Å². The molecule has 3 aromatic heterocycles. The van der Waals surface area contributed by atoms with Crippen molar-refractivity contribution >= 4 is 50.7 Å². The van der Waals surface area contributed by atoms with E-state index in [0.717, 1.165) is 22.0 Å². The number of anilines is 2. The van der Waals surface area contributed by atoms with Gasteiger partial charge in [-0.1, -0.05) is 18.2 Å². The van der Waals surface area contributed by atoms with E-state index in [1.54, 1.807) is 16.2 Å². The summed E-state index contributed by atoms with van der Waals surface area (Å²) in [6.07, 6.45) is 0. The Morgan fingerprint density at radius 1 is 1.00 bits per heavy atom. The average molecular weight is 384 g/mol. The Bertz CT molecular complexity index is 990. The summed E-state index contributed by atoms with van der Waals surface area (Å²) in [5, 5.41) is 9.30. The summed E-state index contributed by atoms with van der Waals surface area (Å²) in [6.45, 7) is 1.92. The van der Waals surface area contributed by atoms with E-state index < -0.39 is 0 Å². The first kappa shape index (κ1) is 16.1. The van der Waals surface area contributed by atoms with E-state index in [9.17, 15) is 4.79 Å². The van der Waals surface area contributed by atoms with Crippen LogP contribution in [0.1, 0.15) is 16.2 Å². The Morgan fingerprint density at radius 3 is 2.52 bits per heavy atom. The van der Waals surface area contributed by atoms with Gasteiger partial charge in [0, 0.05) is 21.7 Å². The second-order valence-electron chi connectivity index (χ2n) is 5.30. The molecule has 0 spiro atoms. The minimum absolute atomic E-state index is 0.168. The molecule has 0 aliphatic rings. The highest BCUT2D eigenvalue weighted by Gasteiger charge is 2.24. The maximum Gasteiger partial charge on any atom is 0.284 e. The quantitative estimate of drug-likeness (QED) is 0.460. The summed E-state index contributed by atoms with van der Waals surface area (Å²) >= 11 is 4.55. The first-order valence-electron chi connectivity index (χ1n) is 7.52. The number of thiophene rings is 1. The molecule has 1 amide bonds. The van der Waals surface area contributed by atoms with Crippen LogP contribution in [-0.2, 0) is 0 Å². The highest BCUT2D eigenvalue weighted by Crippen LogP contribution is 2.32. The summed E-state index contributed by atoms with van der Waals surface area (Å²) in [5.74, 6) is -0.168. The topological polar surface area (TPSA) is 46.1 Å². The van der Waals surface area contributed by atoms with Crippen LogP contribution in [-0.4, -0.2) is 15.9 Å². The van der Waals surface area contributed by atoms with Crippen molar-refractivity contribution in [1.29, 1.82) is 0 Å². The van der Waals surface area contributed by atoms with Crippen molar-refractivity contribution in [2.24, 2.45) is 0 Å². The third-order valence-electron chi connectivity index (χ3n) is 3.51. The van der Waals surface area contributed by atoms with E-state index in [1.807, 2.05) is 64.8 Å². The molecule has 0 N–H and O–H groups in total. The standard InChI is InChI=1S/C18H13N3OS3/c1-12-9-25-18(19-12)21(14-5-3-2-4-6-14)17(22)15-11-24-16(20-15)13-7-8-23-10-13/h2-11H,1H3. The van der Waals surface area contributed by atoms with Crippen molar-refractivity contribution in [3.63, 3.8) is 0 Å². The molecular weight excluding hydrogens is 370 g/mol. The first-order chi connectivity index (χ1) is 12.2. The molecule has 0 bridgehead atoms. The van der Waals surface area contributed by atoms with Gasteiger partial charge in [0.25, 0.3) is 5.91 Å². The lowest BCUT2D eigenvalue weighted by atomic mass is 10.3. The van der Waals surface area contributed by atoms with Gasteiger partial charge in [-0.25, -0.2) is 9.97 Å². The molecule has 25 heavy (non-hydrogen) atoms. The van der Waals surface area contributed by atoms with Crippen LogP contribution in [0.25, 0.3) is 10.6 Å². The summed E-state index contributed by atoms with van der Waals surface area (Å²) in [7, 11) is 0. The average Bonchev–Trinajstić information content (AvgIpc) is 3.37. The van der Waals surface area contributed by atoms with Crippen molar-refractivity contribution in [1.82, 2.24) is 9.97 Å². The Balaban J connectivity index is 1.73. The van der Waals surface area contributed by atoms with Gasteiger partial charge < -0.3 is 0 Å². The highest BCUT2D eigenvalue weighted by molar-refractivity contribution is 7.14. The maximum absolute atomic E-state index is 13.2. The maximum atomic E-state index is 13.2. The molecule has 1 aromatic carbocycles. The zero-order valence-electron chi connectivity index (χ0n) is 13.2. The van der Waals surface area contributed by atoms with E-state index in [1.165, 1.54) is 22.7 Å². The number of carbonyl (C=O) groups excluding carboxylic acids is 1. The van der Waals surface area contributed by atoms with Crippen LogP contribution < -0.4 is 4.90 Å². The van der Waals surface area contributed by atoms with E-state index in [-0.39, 0.29) is 5.91 Å². The molecule has 0 saturated carbocycles. The second-order valence-corrected chi connectivity index (χ2v) is 7.77. The second kappa shape index (κ2) is 6.87. The predicted molar refractivity (Wildman–Crippen MR) is 105 cm³/mol. The summed E-state index contributed by atoms with van der Waals surface area (Å²) in [4.78, 5) is 23.8. The normalized spacial score (nSPS) is 10.8. The molecule has 0 aliphatic carbocycles. The smallest absolute Gasteiger partial charge is 0.266 e. The van der Waals surface area contributed by atoms with Crippen LogP contribution in [0.4, 0.5) is 10.8 Å². The van der Waals surface area contributed by atoms with Gasteiger partial charge in [-0.2, -0.15) is 11.3 Å². The third kappa shape index (κ3) is 3.26. The zero-order valence-corrected chi connectivity index (χ0v) is 15.7. The van der Waals surface area contributed by atoms with Crippen LogP contribution in [0.15, 0.2) is 57.9 Å². The lowest BCUT2D eigenvalue weighted by Gasteiger charge is -2.18. The van der Waals surface area contributed by atoms with Crippen LogP contribution >= 0.6 is 34.0 Å². The Kier molecular flexibility index (Phi) is 4.44. The molecule has 0 saturated heterocycles. The fourth-order valence-corrected chi connectivity index (χ4v) is 4.67. The van der Waals surface area contributed by atoms with Gasteiger partial charge in [0.2, 0.25) is 0 Å². The summed E-state index contributed by atoms with van der Waals surface area (Å²) in [6, 6.07) is 11.6. The number of hydrogen-bond donors (Lipinski definition) is 0. The lowest BCUT2D eigenvalue weighted by Crippen LogP contribution is -2.26. The monoisotopic (exact) mass is 383 g/mol. The van der Waals surface area contributed by atoms with Crippen molar-refractivity contribution < 1.29 is 4.79 Å². The van der Waals surface area contributed by atoms with Gasteiger partial charge in [-0.15, -0.1) is 22.7 Å². The fourth-order valence-electron chi connectivity index (χ4n) is 2.34. The number of carbonyl (C=O) groups is 1. The van der Waals surface area contributed by atoms with Gasteiger partial charge >= 0.3 is 0 Å². The largest absolute Gasteiger partial charge is 0.284 e. The van der Waals surface area contributed by atoms with Crippen LogP contribution in [0.3, 0.4) is 0 Å². The number of thiazole rings is 2. The molecule has 3 heterocycles. The van der Waals surface area contributed by atoms with Gasteiger partial charge in [-0.05, 0) is 30.5 Å². The number of aryl methyl sites for hydroxylation is 1. The SMILES string of the molecule is Cc1csc(N(C(=O)c2csc(-c3ccsc3)n2)c2ccccc2)n1. The Labute approximate surface area is 157 Å². The molecule has 0 radical (unpaired) electrons. The highest BCUT2D eigenvalue weighted by atomic mass is 32.1. The van der Waals surface area contributed by atoms with Gasteiger partial charge in [0.15, 0.2) is 5.13 Å². The summed E-state index contributed by atoms with van der Waals surface area (Å²) < 4.78 is 0. The number of benzene rings is 1. The molecule has 0 atom stereocenters. The number of nitrogens with zero attached hydrogens (tertiary/aromatic N) is 3. The Morgan fingerprint density at radius 2 is 1.84 bits per heavy atom. The van der Waals surface area contributed by atoms with Gasteiger partial charge in [0.1, 0.15) is 10.7 Å². The number of rotatable bonds is 4. The molecule has 0 unspecified atom stereocenters. The first-order valence-corrected chi connectivity index (χ1v) is 10.2. The van der Waals surface area contributed by atoms with Gasteiger partial charge in [0.05, 0.1) is 11.4 Å². The molecule has 4 nitrogen and oxygen atoms in total. The van der Waals surface area contributed by atoms with Crippen LogP contribution in [0, 0.1) is 6.92 Å². The Hall–Kier alpha value is -2.35. The van der Waals surface area contributed by atoms with Crippen molar-refractivity contribution in [3.8, 4) is 10.6 Å². The van der Waals surface area contributed by atoms with Gasteiger partial charge in [-0.3, -0.25) is 9.69 Å². The molecule has 0 fully saturated rings.